The van der Waals surface area contributed by atoms with E-state index in [9.17, 15) is 9.90 Å². The van der Waals surface area contributed by atoms with Gasteiger partial charge in [-0.2, -0.15) is 0 Å². The third kappa shape index (κ3) is 19.4. The number of hydrogen-bond donors (Lipinski definition) is 1. The van der Waals surface area contributed by atoms with Crippen LogP contribution in [0.4, 0.5) is 0 Å². The van der Waals surface area contributed by atoms with Gasteiger partial charge in [-0.3, -0.25) is 0 Å². The maximum Gasteiger partial charge on any atom is 2.00 e. The van der Waals surface area contributed by atoms with Gasteiger partial charge < -0.3 is 88.6 Å². The summed E-state index contributed by atoms with van der Waals surface area (Å²) in [6.45, 7) is 58.9. The number of allylic oxidation sites excluding steroid dienone is 1. The van der Waals surface area contributed by atoms with E-state index in [1.807, 2.05) is 18.2 Å². The minimum absolute atomic E-state index is 0. The molecule has 18 heteroatoms. The van der Waals surface area contributed by atoms with Crippen LogP contribution in [-0.2, 0) is 71.1 Å². The van der Waals surface area contributed by atoms with Crippen molar-refractivity contribution in [2.75, 3.05) is 0 Å². The van der Waals surface area contributed by atoms with Crippen molar-refractivity contribution in [2.45, 2.75) is 394 Å². The zero-order valence-electron chi connectivity index (χ0n) is 67.8. The van der Waals surface area contributed by atoms with Gasteiger partial charge in [0.15, 0.2) is 11.6 Å². The molecule has 9 unspecified atom stereocenters. The van der Waals surface area contributed by atoms with Crippen LogP contribution < -0.4 is 12.4 Å². The minimum Gasteiger partial charge on any atom is -1.00 e. The van der Waals surface area contributed by atoms with Gasteiger partial charge in [0.25, 0.3) is 0 Å². The fourth-order valence-corrected chi connectivity index (χ4v) is 21.5. The summed E-state index contributed by atoms with van der Waals surface area (Å²) in [4.78, 5) is 11.7. The molecule has 37 atom stereocenters. The van der Waals surface area contributed by atoms with Crippen LogP contribution >= 0.6 is 0 Å². The molecular formula is C90H139ClMgO16. The summed E-state index contributed by atoms with van der Waals surface area (Å²) >= 11 is 0. The van der Waals surface area contributed by atoms with Crippen LogP contribution in [0.1, 0.15) is 230 Å². The van der Waals surface area contributed by atoms with Crippen molar-refractivity contribution in [3.8, 4) is 0 Å². The normalized spacial score (nSPS) is 45.8. The van der Waals surface area contributed by atoms with Crippen LogP contribution in [0.5, 0.6) is 0 Å². The van der Waals surface area contributed by atoms with Crippen LogP contribution in [0.2, 0.25) is 0 Å². The SMILES string of the molecule is C=CCC(O)C[C@H]1C(C[C@H]2OC(CC[C@@H]3OC(CC[C@@]45C[C@H]6O[C@@H]7[C@@H](O[C@@H](CC=C)C(C)[C@@H]7O4)[C@H]6O5)CC3=C)C[C@@H](C)C2=C)O[C@H](C[C@H](C)CC)[C@@H]1C.C=CC[C@@H]1O[C@H]2[C@H]3O[C@]4(CCC5CC(=C)[C@H](CCC6C[C@@H](C)C(=C)[C@@H](CC7O[C@H](C[C@H](C)CC)[C@H](C)[C@H]7CC=O)O6)O5)C[C@H]3O[C@H]2[C@@H](O4)C1C.C=C[CH2-].[Cl-].[Mg+2]. The third-order valence-corrected chi connectivity index (χ3v) is 28.4. The quantitative estimate of drug-likeness (QED) is 0.0292. The van der Waals surface area contributed by atoms with Crippen LogP contribution in [0.25, 0.3) is 0 Å². The van der Waals surface area contributed by atoms with E-state index in [2.05, 4.69) is 129 Å². The number of aliphatic hydroxyl groups is 1. The first kappa shape index (κ1) is 88.3. The van der Waals surface area contributed by atoms with Gasteiger partial charge in [0, 0.05) is 56.8 Å². The maximum absolute atomic E-state index is 11.7. The van der Waals surface area contributed by atoms with Crippen molar-refractivity contribution in [1.82, 2.24) is 0 Å². The van der Waals surface area contributed by atoms with Gasteiger partial charge in [-0.1, -0.05) is 127 Å². The Bertz CT molecular complexity index is 3020. The Kier molecular flexibility index (Phi) is 31.7. The average molecular weight is 1540 g/mol. The summed E-state index contributed by atoms with van der Waals surface area (Å²) in [7, 11) is 0. The van der Waals surface area contributed by atoms with Crippen molar-refractivity contribution in [3.05, 3.63) is 106 Å². The number of aliphatic hydroxyl groups excluding tert-OH is 1. The number of hydrogen-bond acceptors (Lipinski definition) is 16. The molecule has 16 aliphatic rings. The molecule has 16 heterocycles. The number of halogens is 1. The Morgan fingerprint density at radius 2 is 0.870 bits per heavy atom. The van der Waals surface area contributed by atoms with Crippen molar-refractivity contribution in [1.29, 1.82) is 0 Å². The molecule has 0 radical (unpaired) electrons. The zero-order valence-corrected chi connectivity index (χ0v) is 70.0. The molecule has 0 amide bonds. The van der Waals surface area contributed by atoms with E-state index in [0.717, 1.165) is 160 Å². The van der Waals surface area contributed by atoms with Crippen LogP contribution in [0.3, 0.4) is 0 Å². The first-order valence-corrected chi connectivity index (χ1v) is 42.2. The Labute approximate surface area is 673 Å². The van der Waals surface area contributed by atoms with E-state index in [4.69, 9.17) is 66.3 Å². The van der Waals surface area contributed by atoms with Crippen molar-refractivity contribution >= 4 is 29.3 Å². The molecule has 1 N–H and O–H groups in total. The van der Waals surface area contributed by atoms with Gasteiger partial charge >= 0.3 is 23.1 Å². The van der Waals surface area contributed by atoms with Crippen molar-refractivity contribution < 1.29 is 88.6 Å². The van der Waals surface area contributed by atoms with Crippen molar-refractivity contribution in [3.63, 3.8) is 0 Å². The molecule has 604 valence electrons. The monoisotopic (exact) mass is 1530 g/mol. The summed E-state index contributed by atoms with van der Waals surface area (Å²) in [6.07, 6.45) is 30.1. The molecule has 0 aromatic heterocycles. The molecule has 16 aliphatic heterocycles. The van der Waals surface area contributed by atoms with E-state index in [-0.39, 0.29) is 206 Å². The van der Waals surface area contributed by atoms with E-state index in [1.165, 1.54) is 22.8 Å². The van der Waals surface area contributed by atoms with Crippen molar-refractivity contribution in [2.24, 2.45) is 59.2 Å². The topological polar surface area (TPSA) is 167 Å². The summed E-state index contributed by atoms with van der Waals surface area (Å²) in [5.74, 6) is 2.37. The predicted octanol–water partition coefficient (Wildman–Crippen LogP) is 13.7. The average Bonchev–Trinajstić information content (AvgIpc) is 1.56. The molecule has 0 aromatic rings. The summed E-state index contributed by atoms with van der Waals surface area (Å²) in [5, 5.41) is 10.8. The number of rotatable bonds is 32. The molecular weight excluding hydrogens is 1400 g/mol. The molecule has 0 spiro atoms. The molecule has 16 saturated heterocycles. The number of aldehydes is 1. The van der Waals surface area contributed by atoms with Gasteiger partial charge in [0.2, 0.25) is 0 Å². The second-order valence-electron chi connectivity index (χ2n) is 35.8. The van der Waals surface area contributed by atoms with E-state index < -0.39 is 17.7 Å². The van der Waals surface area contributed by atoms with Gasteiger partial charge in [-0.05, 0) is 172 Å². The van der Waals surface area contributed by atoms with Crippen LogP contribution in [-0.4, -0.2) is 199 Å². The first-order valence-electron chi connectivity index (χ1n) is 42.2. The predicted molar refractivity (Wildman–Crippen MR) is 419 cm³/mol. The summed E-state index contributed by atoms with van der Waals surface area (Å²) < 4.78 is 93.8. The third-order valence-electron chi connectivity index (χ3n) is 28.4. The zero-order chi connectivity index (χ0) is 75.6. The second-order valence-corrected chi connectivity index (χ2v) is 35.8. The summed E-state index contributed by atoms with van der Waals surface area (Å²) in [6, 6.07) is 0. The molecule has 16 nitrogen and oxygen atoms in total. The van der Waals surface area contributed by atoms with Crippen LogP contribution in [0.15, 0.2) is 99.2 Å². The van der Waals surface area contributed by atoms with E-state index in [0.29, 0.717) is 48.3 Å². The minimum atomic E-state index is -0.645. The molecule has 0 aromatic carbocycles. The molecule has 16 fully saturated rings. The van der Waals surface area contributed by atoms with Gasteiger partial charge in [0.1, 0.15) is 42.9 Å². The molecule has 16 rings (SSSR count). The number of carbonyl (C=O) groups excluding carboxylic acids is 1. The molecule has 108 heavy (non-hydrogen) atoms. The van der Waals surface area contributed by atoms with Gasteiger partial charge in [0.05, 0.1) is 116 Å². The van der Waals surface area contributed by atoms with E-state index in [1.54, 1.807) is 0 Å². The molecule has 0 aliphatic carbocycles. The standard InChI is InChI=1S/C45H70O8.C42H64O8.C3H5.ClH.Mg/c1-10-13-31(46)22-34-29(8)37(19-25(4)12-3)49-39(34)23-38-28(7)26(5)20-32(48-38)15-16-35-27(6)21-33(47-35)17-18-45-24-40-42(53-45)44-43(51-40)41(52-45)30(9)36(50-44)14-11-2;1-9-11-33-28(8)38-40-41(47-33)39-37(48-40)22-42(49-38,50-39)16-14-30-20-25(5)32(44-30)13-12-29-19-24(4)26(6)35(45-29)21-36-31(15-17-43)27(7)34(46-36)18-23(3)10-2;1-3-2;;/h10-11,25-26,29-44,46H,1-2,6-7,12-24H2,3-5,8-9H3;9,17,23-24,27-41H,1,5-6,10-16,18-22H2,2-4,7-8H3;3H,1-2H2;1H;/q;;-1;;+2/p-1/t25-,26-,29-,30?,31?,32?,33?,34-,35+,36+,37-,38-,39?,40-,41+,42+,43+,44+,45-;23-,24-,27-,28?,29?,30?,31-,32+,33+,34-,35-,36?,37-,38+,39+,40+,41+,42-;;;/m11.../s1. The number of ether oxygens (including phenoxy) is 14. The number of carbonyl (C=O) groups is 1. The van der Waals surface area contributed by atoms with Crippen LogP contribution in [0, 0.1) is 66.1 Å². The molecule has 0 saturated carbocycles. The fourth-order valence-electron chi connectivity index (χ4n) is 21.5. The van der Waals surface area contributed by atoms with Gasteiger partial charge in [-0.15, -0.1) is 19.7 Å². The summed E-state index contributed by atoms with van der Waals surface area (Å²) in [5.41, 5.74) is 4.70. The second kappa shape index (κ2) is 38.8. The first-order chi connectivity index (χ1) is 50.9. The Hall–Kier alpha value is -2.08. The Morgan fingerprint density at radius 1 is 0.472 bits per heavy atom. The molecule has 12 bridgehead atoms. The largest absolute Gasteiger partial charge is 2.00 e. The fraction of sp³-hybridized carbons (Fsp3) is 0.800. The van der Waals surface area contributed by atoms with E-state index >= 15 is 0 Å². The maximum atomic E-state index is 11.7. The Balaban J connectivity index is 0.000000219. The van der Waals surface area contributed by atoms with Gasteiger partial charge in [-0.25, -0.2) is 19.6 Å². The smallest absolute Gasteiger partial charge is 1.00 e. The Morgan fingerprint density at radius 3 is 1.28 bits per heavy atom.